The number of hydrogen-bond acceptors (Lipinski definition) is 5. The maximum Gasteiger partial charge on any atom is 0.276 e. The van der Waals surface area contributed by atoms with Crippen molar-refractivity contribution in [2.24, 2.45) is 0 Å². The molecule has 1 aromatic heterocycles. The number of amides is 1. The largest absolute Gasteiger partial charge is 0.397 e. The van der Waals surface area contributed by atoms with Crippen LogP contribution in [-0.4, -0.2) is 26.4 Å². The topological polar surface area (TPSA) is 114 Å². The van der Waals surface area contributed by atoms with Crippen molar-refractivity contribution in [1.82, 2.24) is 9.71 Å². The number of rotatable bonds is 4. The number of nitrogens with one attached hydrogen (secondary N) is 2. The summed E-state index contributed by atoms with van der Waals surface area (Å²) in [5.74, 6) is -0.577. The Morgan fingerprint density at radius 3 is 2.57 bits per heavy atom. The number of aromatic nitrogens is 1. The molecule has 0 spiro atoms. The molecule has 0 radical (unpaired) electrons. The van der Waals surface area contributed by atoms with Crippen LogP contribution in [0.5, 0.6) is 0 Å². The van der Waals surface area contributed by atoms with Gasteiger partial charge >= 0.3 is 0 Å². The zero-order valence-corrected chi connectivity index (χ0v) is 12.0. The molecule has 2 rings (SSSR count). The fraction of sp³-hybridized carbons (Fsp3) is 0.0769. The predicted octanol–water partition coefficient (Wildman–Crippen LogP) is 0.824. The predicted molar refractivity (Wildman–Crippen MR) is 79.3 cm³/mol. The molecule has 0 bridgehead atoms. The van der Waals surface area contributed by atoms with Crippen LogP contribution in [0.1, 0.15) is 10.5 Å². The molecule has 8 heteroatoms. The number of pyridine rings is 1. The molecular formula is C13H14N4O3S. The highest BCUT2D eigenvalue weighted by Gasteiger charge is 2.19. The molecule has 0 fully saturated rings. The SMILES string of the molecule is CNS(=O)(=O)c1ccccc1NC(=O)c1ncccc1N. The van der Waals surface area contributed by atoms with E-state index in [2.05, 4.69) is 15.0 Å². The quantitative estimate of drug-likeness (QED) is 0.774. The van der Waals surface area contributed by atoms with Gasteiger partial charge in [0.25, 0.3) is 5.91 Å². The summed E-state index contributed by atoms with van der Waals surface area (Å²) >= 11 is 0. The molecule has 1 amide bonds. The lowest BCUT2D eigenvalue weighted by atomic mass is 10.2. The van der Waals surface area contributed by atoms with Gasteiger partial charge in [0.05, 0.1) is 11.4 Å². The summed E-state index contributed by atoms with van der Waals surface area (Å²) in [4.78, 5) is 16.0. The van der Waals surface area contributed by atoms with Crippen molar-refractivity contribution in [3.63, 3.8) is 0 Å². The normalized spacial score (nSPS) is 11.1. The second kappa shape index (κ2) is 5.90. The minimum absolute atomic E-state index is 0.0321. The molecule has 7 nitrogen and oxygen atoms in total. The van der Waals surface area contributed by atoms with Crippen molar-refractivity contribution in [3.8, 4) is 0 Å². The maximum atomic E-state index is 12.1. The van der Waals surface area contributed by atoms with Crippen LogP contribution in [0.4, 0.5) is 11.4 Å². The van der Waals surface area contributed by atoms with E-state index in [0.717, 1.165) is 0 Å². The van der Waals surface area contributed by atoms with Crippen molar-refractivity contribution in [2.75, 3.05) is 18.1 Å². The number of carbonyl (C=O) groups excluding carboxylic acids is 1. The van der Waals surface area contributed by atoms with E-state index in [0.29, 0.717) is 0 Å². The van der Waals surface area contributed by atoms with Crippen molar-refractivity contribution in [2.45, 2.75) is 4.90 Å². The Kier molecular flexibility index (Phi) is 4.20. The first kappa shape index (κ1) is 14.9. The number of anilines is 2. The minimum atomic E-state index is -3.68. The molecule has 0 saturated carbocycles. The van der Waals surface area contributed by atoms with Crippen LogP contribution in [0.3, 0.4) is 0 Å². The Morgan fingerprint density at radius 2 is 1.90 bits per heavy atom. The van der Waals surface area contributed by atoms with Gasteiger partial charge in [-0.1, -0.05) is 12.1 Å². The van der Waals surface area contributed by atoms with E-state index >= 15 is 0 Å². The Morgan fingerprint density at radius 1 is 1.19 bits per heavy atom. The monoisotopic (exact) mass is 306 g/mol. The number of nitrogens with two attached hydrogens (primary N) is 1. The minimum Gasteiger partial charge on any atom is -0.397 e. The fourth-order valence-corrected chi connectivity index (χ4v) is 2.59. The number of benzene rings is 1. The Balaban J connectivity index is 2.38. The molecule has 0 aliphatic heterocycles. The van der Waals surface area contributed by atoms with Gasteiger partial charge in [-0.3, -0.25) is 4.79 Å². The van der Waals surface area contributed by atoms with E-state index in [1.807, 2.05) is 0 Å². The van der Waals surface area contributed by atoms with Crippen molar-refractivity contribution < 1.29 is 13.2 Å². The van der Waals surface area contributed by atoms with Crippen LogP contribution in [0, 0.1) is 0 Å². The first-order valence-corrected chi connectivity index (χ1v) is 7.48. The molecule has 0 aliphatic rings. The number of hydrogen-bond donors (Lipinski definition) is 3. The summed E-state index contributed by atoms with van der Waals surface area (Å²) in [6, 6.07) is 9.20. The van der Waals surface area contributed by atoms with Crippen LogP contribution in [-0.2, 0) is 10.0 Å². The molecule has 1 aromatic carbocycles. The number of nitrogens with zero attached hydrogens (tertiary/aromatic N) is 1. The standard InChI is InChI=1S/C13H14N4O3S/c1-15-21(19,20)11-7-3-2-6-10(11)17-13(18)12-9(14)5-4-8-16-12/h2-8,15H,14H2,1H3,(H,17,18). The van der Waals surface area contributed by atoms with Gasteiger partial charge in [0.1, 0.15) is 4.90 Å². The summed E-state index contributed by atoms with van der Waals surface area (Å²) in [5.41, 5.74) is 6.07. The lowest BCUT2D eigenvalue weighted by Gasteiger charge is -2.11. The van der Waals surface area contributed by atoms with E-state index in [4.69, 9.17) is 5.73 Å². The molecule has 0 atom stereocenters. The van der Waals surface area contributed by atoms with Crippen LogP contribution >= 0.6 is 0 Å². The highest BCUT2D eigenvalue weighted by molar-refractivity contribution is 7.89. The second-order valence-corrected chi connectivity index (χ2v) is 5.95. The van der Waals surface area contributed by atoms with Gasteiger partial charge in [-0.05, 0) is 31.3 Å². The van der Waals surface area contributed by atoms with Gasteiger partial charge in [0.2, 0.25) is 10.0 Å². The van der Waals surface area contributed by atoms with E-state index in [1.165, 1.54) is 31.4 Å². The number of para-hydroxylation sites is 1. The first-order chi connectivity index (χ1) is 9.95. The molecule has 4 N–H and O–H groups in total. The van der Waals surface area contributed by atoms with E-state index in [1.54, 1.807) is 18.2 Å². The van der Waals surface area contributed by atoms with Gasteiger partial charge in [-0.2, -0.15) is 0 Å². The summed E-state index contributed by atoms with van der Waals surface area (Å²) in [7, 11) is -2.39. The molecule has 110 valence electrons. The van der Waals surface area contributed by atoms with Gasteiger partial charge < -0.3 is 11.1 Å². The fourth-order valence-electron chi connectivity index (χ4n) is 1.70. The molecule has 0 aliphatic carbocycles. The van der Waals surface area contributed by atoms with Crippen LogP contribution in [0.25, 0.3) is 0 Å². The van der Waals surface area contributed by atoms with Gasteiger partial charge in [0, 0.05) is 6.20 Å². The van der Waals surface area contributed by atoms with Crippen molar-refractivity contribution in [3.05, 3.63) is 48.3 Å². The van der Waals surface area contributed by atoms with Crippen LogP contribution < -0.4 is 15.8 Å². The average molecular weight is 306 g/mol. The highest BCUT2D eigenvalue weighted by atomic mass is 32.2. The van der Waals surface area contributed by atoms with Crippen molar-refractivity contribution >= 4 is 27.3 Å². The van der Waals surface area contributed by atoms with Gasteiger partial charge in [-0.25, -0.2) is 18.1 Å². The third-order valence-corrected chi connectivity index (χ3v) is 4.22. The summed E-state index contributed by atoms with van der Waals surface area (Å²) in [5, 5.41) is 2.51. The summed E-state index contributed by atoms with van der Waals surface area (Å²) < 4.78 is 26.0. The van der Waals surface area contributed by atoms with Crippen LogP contribution in [0.2, 0.25) is 0 Å². The number of nitrogen functional groups attached to an aromatic ring is 1. The van der Waals surface area contributed by atoms with E-state index < -0.39 is 15.9 Å². The Bertz CT molecular complexity index is 774. The molecular weight excluding hydrogens is 292 g/mol. The molecule has 1 heterocycles. The molecule has 21 heavy (non-hydrogen) atoms. The zero-order chi connectivity index (χ0) is 15.5. The maximum absolute atomic E-state index is 12.1. The molecule has 0 saturated heterocycles. The summed E-state index contributed by atoms with van der Waals surface area (Å²) in [6.45, 7) is 0. The zero-order valence-electron chi connectivity index (χ0n) is 11.2. The second-order valence-electron chi connectivity index (χ2n) is 4.10. The van der Waals surface area contributed by atoms with Gasteiger partial charge in [-0.15, -0.1) is 0 Å². The van der Waals surface area contributed by atoms with E-state index in [9.17, 15) is 13.2 Å². The summed E-state index contributed by atoms with van der Waals surface area (Å²) in [6.07, 6.45) is 1.43. The number of carbonyl (C=O) groups is 1. The van der Waals surface area contributed by atoms with Crippen LogP contribution in [0.15, 0.2) is 47.5 Å². The lowest BCUT2D eigenvalue weighted by Crippen LogP contribution is -2.22. The Hall–Kier alpha value is -2.45. The lowest BCUT2D eigenvalue weighted by molar-refractivity contribution is 0.102. The molecule has 0 unspecified atom stereocenters. The smallest absolute Gasteiger partial charge is 0.276 e. The molecule has 2 aromatic rings. The third kappa shape index (κ3) is 3.18. The average Bonchev–Trinajstić information content (AvgIpc) is 2.48. The third-order valence-electron chi connectivity index (χ3n) is 2.75. The van der Waals surface area contributed by atoms with Gasteiger partial charge in [0.15, 0.2) is 5.69 Å². The van der Waals surface area contributed by atoms with E-state index in [-0.39, 0.29) is 22.0 Å². The van der Waals surface area contributed by atoms with Crippen molar-refractivity contribution in [1.29, 1.82) is 0 Å². The number of sulfonamides is 1. The Labute approximate surface area is 122 Å². The first-order valence-electron chi connectivity index (χ1n) is 6.00. The highest BCUT2D eigenvalue weighted by Crippen LogP contribution is 2.21.